The van der Waals surface area contributed by atoms with Crippen molar-refractivity contribution in [1.82, 2.24) is 0 Å². The van der Waals surface area contributed by atoms with Crippen molar-refractivity contribution in [3.05, 3.63) is 158 Å². The van der Waals surface area contributed by atoms with Gasteiger partial charge in [0, 0.05) is 9.58 Å². The number of hydrogen-bond donors (Lipinski definition) is 0. The van der Waals surface area contributed by atoms with Crippen molar-refractivity contribution in [2.75, 3.05) is 0 Å². The van der Waals surface area contributed by atoms with Crippen LogP contribution in [0.25, 0.3) is 85.9 Å². The van der Waals surface area contributed by atoms with Crippen molar-refractivity contribution >= 4 is 64.5 Å². The summed E-state index contributed by atoms with van der Waals surface area (Å²) in [7, 11) is 0. The van der Waals surface area contributed by atoms with Gasteiger partial charge in [-0.2, -0.15) is 0 Å². The molecular weight excluding hydrogens is 537 g/mol. The SMILES string of the molecule is c1ccc2c(c1)ccc1cc(-c3ccc(-c4ccc(-c5ccc6c7ccccc7c7ccccc7c6c5)cc4)cc3)sc12. The zero-order chi connectivity index (χ0) is 28.3. The van der Waals surface area contributed by atoms with Crippen LogP contribution in [-0.2, 0) is 0 Å². The molecule has 9 aromatic rings. The largest absolute Gasteiger partial charge is 0.135 e. The molecule has 0 aliphatic rings. The fraction of sp³-hybridized carbons (Fsp3) is 0. The van der Waals surface area contributed by atoms with E-state index in [2.05, 4.69) is 158 Å². The van der Waals surface area contributed by atoms with E-state index in [1.807, 2.05) is 11.3 Å². The molecule has 1 aromatic heterocycles. The zero-order valence-corrected chi connectivity index (χ0v) is 24.2. The third kappa shape index (κ3) is 3.97. The molecule has 1 heteroatoms. The molecule has 0 unspecified atom stereocenters. The first kappa shape index (κ1) is 24.4. The Hall–Kier alpha value is -5.24. The maximum Gasteiger partial charge on any atom is 0.0427 e. The molecule has 0 radical (unpaired) electrons. The highest BCUT2D eigenvalue weighted by atomic mass is 32.1. The fourth-order valence-corrected chi connectivity index (χ4v) is 7.88. The Kier molecular flexibility index (Phi) is 5.47. The highest BCUT2D eigenvalue weighted by Gasteiger charge is 2.11. The number of hydrogen-bond acceptors (Lipinski definition) is 1. The molecule has 0 amide bonds. The lowest BCUT2D eigenvalue weighted by Gasteiger charge is -2.12. The minimum Gasteiger partial charge on any atom is -0.135 e. The molecule has 43 heavy (non-hydrogen) atoms. The van der Waals surface area contributed by atoms with Crippen molar-refractivity contribution < 1.29 is 0 Å². The van der Waals surface area contributed by atoms with E-state index in [0.717, 1.165) is 0 Å². The standard InChI is InChI=1S/C42H26S/c1-2-8-34-30(7-1)19-22-33-26-41(43-42(33)34)31-20-17-28(18-21-31)27-13-15-29(16-14-27)32-23-24-39-37-11-4-3-9-35(37)36-10-5-6-12-38(36)40(39)25-32/h1-26H. The van der Waals surface area contributed by atoms with Gasteiger partial charge in [0.1, 0.15) is 0 Å². The topological polar surface area (TPSA) is 0 Å². The van der Waals surface area contributed by atoms with E-state index in [4.69, 9.17) is 0 Å². The molecule has 200 valence electrons. The highest BCUT2D eigenvalue weighted by Crippen LogP contribution is 2.39. The molecule has 0 saturated heterocycles. The van der Waals surface area contributed by atoms with Gasteiger partial charge in [-0.25, -0.2) is 0 Å². The summed E-state index contributed by atoms with van der Waals surface area (Å²) in [6.07, 6.45) is 0. The van der Waals surface area contributed by atoms with E-state index in [0.29, 0.717) is 0 Å². The lowest BCUT2D eigenvalue weighted by Crippen LogP contribution is -1.85. The molecular formula is C42H26S. The molecule has 0 atom stereocenters. The third-order valence-electron chi connectivity index (χ3n) is 8.87. The third-order valence-corrected chi connectivity index (χ3v) is 10.1. The van der Waals surface area contributed by atoms with E-state index in [1.54, 1.807) is 0 Å². The summed E-state index contributed by atoms with van der Waals surface area (Å²) in [5.41, 5.74) is 6.21. The smallest absolute Gasteiger partial charge is 0.0427 e. The number of thiophene rings is 1. The number of rotatable bonds is 3. The van der Waals surface area contributed by atoms with Gasteiger partial charge in [0.2, 0.25) is 0 Å². The van der Waals surface area contributed by atoms with Crippen molar-refractivity contribution in [3.8, 4) is 32.7 Å². The Morgan fingerprint density at radius 1 is 0.279 bits per heavy atom. The first-order valence-electron chi connectivity index (χ1n) is 14.8. The summed E-state index contributed by atoms with van der Waals surface area (Å²) >= 11 is 1.88. The van der Waals surface area contributed by atoms with E-state index in [9.17, 15) is 0 Å². The second-order valence-electron chi connectivity index (χ2n) is 11.3. The Morgan fingerprint density at radius 3 is 1.35 bits per heavy atom. The van der Waals surface area contributed by atoms with Gasteiger partial charge in [-0.15, -0.1) is 11.3 Å². The lowest BCUT2D eigenvalue weighted by atomic mass is 9.92. The van der Waals surface area contributed by atoms with Gasteiger partial charge in [-0.05, 0) is 88.4 Å². The second-order valence-corrected chi connectivity index (χ2v) is 12.4. The average molecular weight is 563 g/mol. The van der Waals surface area contributed by atoms with Gasteiger partial charge >= 0.3 is 0 Å². The molecule has 0 aliphatic carbocycles. The summed E-state index contributed by atoms with van der Waals surface area (Å²) in [6.45, 7) is 0. The van der Waals surface area contributed by atoms with Crippen molar-refractivity contribution in [2.24, 2.45) is 0 Å². The van der Waals surface area contributed by atoms with Gasteiger partial charge in [-0.3, -0.25) is 0 Å². The van der Waals surface area contributed by atoms with Crippen molar-refractivity contribution in [1.29, 1.82) is 0 Å². The van der Waals surface area contributed by atoms with Crippen LogP contribution in [-0.4, -0.2) is 0 Å². The predicted octanol–water partition coefficient (Wildman–Crippen LogP) is 12.5. The lowest BCUT2D eigenvalue weighted by molar-refractivity contribution is 1.60. The Morgan fingerprint density at radius 2 is 0.721 bits per heavy atom. The monoisotopic (exact) mass is 562 g/mol. The normalized spacial score (nSPS) is 11.7. The van der Waals surface area contributed by atoms with Crippen LogP contribution in [0.4, 0.5) is 0 Å². The van der Waals surface area contributed by atoms with E-state index >= 15 is 0 Å². The Balaban J connectivity index is 1.05. The van der Waals surface area contributed by atoms with Crippen molar-refractivity contribution in [2.45, 2.75) is 0 Å². The predicted molar refractivity (Wildman–Crippen MR) is 188 cm³/mol. The molecule has 0 fully saturated rings. The van der Waals surface area contributed by atoms with Crippen LogP contribution < -0.4 is 0 Å². The van der Waals surface area contributed by atoms with Crippen LogP contribution in [0, 0.1) is 0 Å². The summed E-state index contributed by atoms with van der Waals surface area (Å²) < 4.78 is 1.36. The maximum atomic E-state index is 2.36. The Labute approximate surface area is 254 Å². The second kappa shape index (κ2) is 9.66. The van der Waals surface area contributed by atoms with Crippen LogP contribution >= 0.6 is 11.3 Å². The molecule has 0 bridgehead atoms. The van der Waals surface area contributed by atoms with Gasteiger partial charge in [-0.1, -0.05) is 146 Å². The van der Waals surface area contributed by atoms with E-state index in [-0.39, 0.29) is 0 Å². The molecule has 0 N–H and O–H groups in total. The van der Waals surface area contributed by atoms with Crippen LogP contribution in [0.15, 0.2) is 158 Å². The summed E-state index contributed by atoms with van der Waals surface area (Å²) in [5.74, 6) is 0. The zero-order valence-electron chi connectivity index (χ0n) is 23.4. The molecule has 0 aliphatic heterocycles. The minimum absolute atomic E-state index is 1.23. The number of benzene rings is 8. The first-order chi connectivity index (χ1) is 21.3. The highest BCUT2D eigenvalue weighted by molar-refractivity contribution is 7.23. The maximum absolute atomic E-state index is 2.36. The minimum atomic E-state index is 1.23. The molecule has 0 nitrogen and oxygen atoms in total. The van der Waals surface area contributed by atoms with Crippen LogP contribution in [0.5, 0.6) is 0 Å². The van der Waals surface area contributed by atoms with Crippen LogP contribution in [0.2, 0.25) is 0 Å². The van der Waals surface area contributed by atoms with Gasteiger partial charge < -0.3 is 0 Å². The van der Waals surface area contributed by atoms with Gasteiger partial charge in [0.05, 0.1) is 0 Å². The van der Waals surface area contributed by atoms with Crippen LogP contribution in [0.1, 0.15) is 0 Å². The molecule has 0 spiro atoms. The summed E-state index contributed by atoms with van der Waals surface area (Å²) in [4.78, 5) is 1.31. The van der Waals surface area contributed by atoms with Gasteiger partial charge in [0.25, 0.3) is 0 Å². The summed E-state index contributed by atoms with van der Waals surface area (Å²) in [5, 5.41) is 11.8. The molecule has 1 heterocycles. The molecule has 8 aromatic carbocycles. The van der Waals surface area contributed by atoms with Gasteiger partial charge in [0.15, 0.2) is 0 Å². The van der Waals surface area contributed by atoms with Crippen molar-refractivity contribution in [3.63, 3.8) is 0 Å². The van der Waals surface area contributed by atoms with E-state index < -0.39 is 0 Å². The average Bonchev–Trinajstić information content (AvgIpc) is 3.54. The quantitative estimate of drug-likeness (QED) is 0.188. The van der Waals surface area contributed by atoms with Crippen LogP contribution in [0.3, 0.4) is 0 Å². The summed E-state index contributed by atoms with van der Waals surface area (Å²) in [6, 6.07) is 57.9. The number of fused-ring (bicyclic) bond motifs is 9. The molecule has 0 saturated carbocycles. The Bertz CT molecular complexity index is 2440. The fourth-order valence-electron chi connectivity index (χ4n) is 6.68. The first-order valence-corrected chi connectivity index (χ1v) is 15.6. The van der Waals surface area contributed by atoms with E-state index in [1.165, 1.54) is 85.9 Å². The molecule has 9 rings (SSSR count).